The molecule has 19 heteroatoms. The van der Waals surface area contributed by atoms with Crippen LogP contribution in [0.3, 0.4) is 0 Å². The van der Waals surface area contributed by atoms with Gasteiger partial charge < -0.3 is 33.8 Å². The Hall–Kier alpha value is -1.94. The summed E-state index contributed by atoms with van der Waals surface area (Å²) < 4.78 is 67.9. The molecule has 0 aromatic carbocycles. The Morgan fingerprint density at radius 2 is 0.578 bits per heavy atom. The predicted octanol–water partition coefficient (Wildman–Crippen LogP) is 17.8. The molecular weight excluding hydrogens is 1100 g/mol. The summed E-state index contributed by atoms with van der Waals surface area (Å²) in [7, 11) is -9.88. The highest BCUT2D eigenvalue weighted by atomic mass is 31.2. The maximum atomic E-state index is 13.0. The van der Waals surface area contributed by atoms with Gasteiger partial charge in [0.2, 0.25) is 0 Å². The molecule has 17 nitrogen and oxygen atoms in total. The second kappa shape index (κ2) is 57.8. The number of rotatable bonds is 64. The lowest BCUT2D eigenvalue weighted by Gasteiger charge is -2.21. The molecule has 3 N–H and O–H groups in total. The Bertz CT molecular complexity index is 1620. The first kappa shape index (κ1) is 81.1. The average Bonchev–Trinajstić information content (AvgIpc) is 3.47. The van der Waals surface area contributed by atoms with Gasteiger partial charge in [0, 0.05) is 25.7 Å². The number of phosphoric ester groups is 2. The van der Waals surface area contributed by atoms with Gasteiger partial charge in [-0.25, -0.2) is 9.13 Å². The van der Waals surface area contributed by atoms with E-state index >= 15 is 0 Å². The molecule has 0 fully saturated rings. The van der Waals surface area contributed by atoms with Crippen LogP contribution < -0.4 is 0 Å². The molecule has 0 aliphatic heterocycles. The molecule has 0 rings (SSSR count). The molecule has 0 saturated carbocycles. The Balaban J connectivity index is 5.22. The number of esters is 4. The number of carbonyl (C=O) groups excluding carboxylic acids is 4. The van der Waals surface area contributed by atoms with E-state index in [1.54, 1.807) is 0 Å². The van der Waals surface area contributed by atoms with Gasteiger partial charge in [0.15, 0.2) is 12.2 Å². The molecule has 0 aliphatic carbocycles. The quantitative estimate of drug-likeness (QED) is 0.0222. The van der Waals surface area contributed by atoms with Gasteiger partial charge in [0.1, 0.15) is 19.3 Å². The molecular formula is C64H124O17P2. The number of hydrogen-bond donors (Lipinski definition) is 3. The summed E-state index contributed by atoms with van der Waals surface area (Å²) in [6.07, 6.45) is 41.6. The molecule has 0 aromatic heterocycles. The number of carbonyl (C=O) groups is 4. The van der Waals surface area contributed by atoms with Gasteiger partial charge in [-0.05, 0) is 31.6 Å². The number of ether oxygens (including phenoxy) is 4. The molecule has 0 spiro atoms. The smallest absolute Gasteiger partial charge is 0.462 e. The fraction of sp³-hybridized carbons (Fsp3) is 0.938. The van der Waals surface area contributed by atoms with Crippen molar-refractivity contribution in [1.82, 2.24) is 0 Å². The lowest BCUT2D eigenvalue weighted by Crippen LogP contribution is -2.30. The van der Waals surface area contributed by atoms with Crippen LogP contribution in [-0.2, 0) is 65.4 Å². The number of aliphatic hydroxyl groups is 1. The van der Waals surface area contributed by atoms with Gasteiger partial charge in [-0.2, -0.15) is 0 Å². The van der Waals surface area contributed by atoms with Crippen molar-refractivity contribution in [2.24, 2.45) is 5.92 Å². The first-order valence-electron chi connectivity index (χ1n) is 33.7. The van der Waals surface area contributed by atoms with Crippen LogP contribution in [0.2, 0.25) is 0 Å². The fourth-order valence-corrected chi connectivity index (χ4v) is 11.1. The molecule has 0 radical (unpaired) electrons. The van der Waals surface area contributed by atoms with Crippen LogP contribution in [0.5, 0.6) is 0 Å². The van der Waals surface area contributed by atoms with E-state index in [9.17, 15) is 43.2 Å². The van der Waals surface area contributed by atoms with Crippen molar-refractivity contribution in [2.45, 2.75) is 342 Å². The zero-order chi connectivity index (χ0) is 61.3. The molecule has 492 valence electrons. The van der Waals surface area contributed by atoms with Gasteiger partial charge in [-0.15, -0.1) is 0 Å². The van der Waals surface area contributed by atoms with Crippen molar-refractivity contribution in [3.05, 3.63) is 0 Å². The molecule has 6 atom stereocenters. The lowest BCUT2D eigenvalue weighted by atomic mass is 9.99. The van der Waals surface area contributed by atoms with Gasteiger partial charge in [-0.1, -0.05) is 272 Å². The first-order chi connectivity index (χ1) is 40.1. The van der Waals surface area contributed by atoms with Gasteiger partial charge in [-0.3, -0.25) is 37.3 Å². The second-order valence-electron chi connectivity index (χ2n) is 23.4. The van der Waals surface area contributed by atoms with E-state index < -0.39 is 97.5 Å². The summed E-state index contributed by atoms with van der Waals surface area (Å²) in [5.74, 6) is -1.36. The minimum absolute atomic E-state index is 0.106. The SMILES string of the molecule is CCCCCCCCCCCCCCCCC(=O)O[C@H](COC(=O)CCCCCCCCCCC(C)CC)COP(=O)(O)OC[C@@H](O)COP(=O)(O)OC[C@@H](COC(=O)CCCCCCCCC)OC(=O)CCCCCCCCCCCC. The highest BCUT2D eigenvalue weighted by Gasteiger charge is 2.30. The molecule has 83 heavy (non-hydrogen) atoms. The van der Waals surface area contributed by atoms with E-state index in [-0.39, 0.29) is 25.7 Å². The molecule has 0 aromatic rings. The Kier molecular flexibility index (Phi) is 56.4. The van der Waals surface area contributed by atoms with E-state index in [0.717, 1.165) is 109 Å². The maximum Gasteiger partial charge on any atom is 0.472 e. The third-order valence-electron chi connectivity index (χ3n) is 15.1. The van der Waals surface area contributed by atoms with Crippen LogP contribution >= 0.6 is 15.6 Å². The third kappa shape index (κ3) is 57.6. The van der Waals surface area contributed by atoms with Gasteiger partial charge >= 0.3 is 39.5 Å². The fourth-order valence-electron chi connectivity index (χ4n) is 9.55. The van der Waals surface area contributed by atoms with Crippen molar-refractivity contribution >= 4 is 39.5 Å². The van der Waals surface area contributed by atoms with Crippen LogP contribution in [0.4, 0.5) is 0 Å². The monoisotopic (exact) mass is 1230 g/mol. The largest absolute Gasteiger partial charge is 0.472 e. The molecule has 0 bridgehead atoms. The summed E-state index contributed by atoms with van der Waals surface area (Å²) >= 11 is 0. The summed E-state index contributed by atoms with van der Waals surface area (Å²) in [4.78, 5) is 72.1. The summed E-state index contributed by atoms with van der Waals surface area (Å²) in [6.45, 7) is 7.16. The first-order valence-corrected chi connectivity index (χ1v) is 36.7. The normalized spacial score (nSPS) is 14.6. The van der Waals surface area contributed by atoms with Crippen LogP contribution in [0.1, 0.15) is 324 Å². The maximum absolute atomic E-state index is 13.0. The Morgan fingerprint density at radius 3 is 0.855 bits per heavy atom. The van der Waals surface area contributed by atoms with E-state index in [2.05, 4.69) is 34.6 Å². The standard InChI is InChI=1S/C64H124O17P2/c1-6-10-13-16-19-21-23-24-25-26-28-35-40-45-50-64(69)81-60(54-75-62(67)48-43-38-33-30-29-32-36-41-46-57(5)9-4)56-79-83(72,73)77-52-58(65)51-76-82(70,71)78-55-59(53-74-61(66)47-42-37-31-18-15-12-8-3)80-63(68)49-44-39-34-27-22-20-17-14-11-7-2/h57-60,65H,6-56H2,1-5H3,(H,70,71)(H,72,73)/t57?,58-,59+,60+/m0/s1. The van der Waals surface area contributed by atoms with Crippen molar-refractivity contribution < 1.29 is 80.2 Å². The predicted molar refractivity (Wildman–Crippen MR) is 331 cm³/mol. The minimum Gasteiger partial charge on any atom is -0.462 e. The zero-order valence-corrected chi connectivity index (χ0v) is 55.1. The third-order valence-corrected chi connectivity index (χ3v) is 17.0. The minimum atomic E-state index is -4.94. The van der Waals surface area contributed by atoms with Gasteiger partial charge in [0.25, 0.3) is 0 Å². The van der Waals surface area contributed by atoms with Crippen molar-refractivity contribution in [1.29, 1.82) is 0 Å². The Labute approximate surface area is 505 Å². The van der Waals surface area contributed by atoms with Crippen molar-refractivity contribution in [3.63, 3.8) is 0 Å². The highest BCUT2D eigenvalue weighted by Crippen LogP contribution is 2.45. The topological polar surface area (TPSA) is 237 Å². The number of hydrogen-bond acceptors (Lipinski definition) is 15. The molecule has 0 aliphatic rings. The number of unbranched alkanes of at least 4 members (excludes halogenated alkanes) is 35. The number of aliphatic hydroxyl groups excluding tert-OH is 1. The lowest BCUT2D eigenvalue weighted by molar-refractivity contribution is -0.161. The summed E-state index contributed by atoms with van der Waals surface area (Å²) in [5, 5.41) is 10.5. The van der Waals surface area contributed by atoms with Crippen LogP contribution in [0, 0.1) is 5.92 Å². The van der Waals surface area contributed by atoms with Crippen LogP contribution in [-0.4, -0.2) is 96.7 Å². The number of phosphoric acid groups is 2. The van der Waals surface area contributed by atoms with Crippen LogP contribution in [0.15, 0.2) is 0 Å². The van der Waals surface area contributed by atoms with E-state index in [4.69, 9.17) is 37.0 Å². The molecule has 3 unspecified atom stereocenters. The summed E-state index contributed by atoms with van der Waals surface area (Å²) in [6, 6.07) is 0. The molecule has 0 amide bonds. The average molecular weight is 1230 g/mol. The van der Waals surface area contributed by atoms with E-state index in [0.29, 0.717) is 25.7 Å². The van der Waals surface area contributed by atoms with Crippen molar-refractivity contribution in [3.8, 4) is 0 Å². The van der Waals surface area contributed by atoms with E-state index in [1.165, 1.54) is 135 Å². The van der Waals surface area contributed by atoms with Crippen molar-refractivity contribution in [2.75, 3.05) is 39.6 Å². The zero-order valence-electron chi connectivity index (χ0n) is 53.3. The van der Waals surface area contributed by atoms with Gasteiger partial charge in [0.05, 0.1) is 26.4 Å². The molecule has 0 heterocycles. The second-order valence-corrected chi connectivity index (χ2v) is 26.3. The Morgan fingerprint density at radius 1 is 0.337 bits per heavy atom. The molecule has 0 saturated heterocycles. The van der Waals surface area contributed by atoms with E-state index in [1.807, 2.05) is 0 Å². The highest BCUT2D eigenvalue weighted by molar-refractivity contribution is 7.47. The summed E-state index contributed by atoms with van der Waals surface area (Å²) in [5.41, 5.74) is 0. The van der Waals surface area contributed by atoms with Crippen LogP contribution in [0.25, 0.3) is 0 Å².